The third kappa shape index (κ3) is 3.88. The van der Waals surface area contributed by atoms with Gasteiger partial charge in [0.2, 0.25) is 0 Å². The molecule has 0 radical (unpaired) electrons. The molecule has 3 heteroatoms. The highest BCUT2D eigenvalue weighted by atomic mass is 79.9. The van der Waals surface area contributed by atoms with E-state index in [2.05, 4.69) is 57.5 Å². The molecule has 4 rings (SSSR count). The number of fused-ring (bicyclic) bond motifs is 5. The molecule has 0 aromatic carbocycles. The van der Waals surface area contributed by atoms with Crippen molar-refractivity contribution in [2.45, 2.75) is 122 Å². The van der Waals surface area contributed by atoms with Gasteiger partial charge in [-0.2, -0.15) is 0 Å². The van der Waals surface area contributed by atoms with E-state index in [0.29, 0.717) is 23.0 Å². The maximum atomic E-state index is 13.6. The molecule has 0 aliphatic heterocycles. The number of rotatable bonds is 6. The number of hydrogen-bond donors (Lipinski definition) is 0. The molecule has 10 unspecified atom stereocenters. The minimum Gasteiger partial charge on any atom is -0.298 e. The Balaban J connectivity index is 1.52. The van der Waals surface area contributed by atoms with Crippen LogP contribution in [-0.4, -0.2) is 15.5 Å². The van der Waals surface area contributed by atoms with Gasteiger partial charge >= 0.3 is 0 Å². The minimum absolute atomic E-state index is 0.0784. The second kappa shape index (κ2) is 9.15. The molecule has 32 heavy (non-hydrogen) atoms. The Morgan fingerprint density at radius 3 is 2.41 bits per heavy atom. The fraction of sp³-hybridized carbons (Fsp3) is 0.966. The monoisotopic (exact) mass is 526 g/mol. The molecule has 0 saturated heterocycles. The molecule has 0 spiro atoms. The van der Waals surface area contributed by atoms with Crippen LogP contribution in [0.5, 0.6) is 0 Å². The molecule has 4 aliphatic rings. The lowest BCUT2D eigenvalue weighted by Crippen LogP contribution is -2.64. The summed E-state index contributed by atoms with van der Waals surface area (Å²) in [4.78, 5) is 13.6. The summed E-state index contributed by atoms with van der Waals surface area (Å²) in [5.74, 6) is 5.82. The standard InChI is InChI=1S/C29H48BrClO/c1-7-20(18(2)3)9-8-19(4)23-10-11-24-22-16-26(32)29(30)17-21(31)12-15-28(29,6)25(22)13-14-27(23,24)5/h18-25H,7-17H2,1-6H3. The number of carbonyl (C=O) groups excluding carboxylic acids is 1. The molecule has 0 aromatic rings. The van der Waals surface area contributed by atoms with E-state index in [1.807, 2.05) is 0 Å². The number of Topliss-reactive ketones (excluding diaryl/α,β-unsaturated/α-hetero) is 1. The van der Waals surface area contributed by atoms with Crippen molar-refractivity contribution in [1.82, 2.24) is 0 Å². The van der Waals surface area contributed by atoms with Crippen LogP contribution in [0, 0.1) is 52.3 Å². The molecule has 1 nitrogen and oxygen atoms in total. The predicted octanol–water partition coefficient (Wildman–Crippen LogP) is 9.05. The lowest BCUT2D eigenvalue weighted by atomic mass is 9.44. The Morgan fingerprint density at radius 1 is 1.03 bits per heavy atom. The fourth-order valence-corrected chi connectivity index (χ4v) is 11.2. The summed E-state index contributed by atoms with van der Waals surface area (Å²) in [5, 5.41) is 0.145. The van der Waals surface area contributed by atoms with E-state index in [1.54, 1.807) is 0 Å². The maximum absolute atomic E-state index is 13.6. The van der Waals surface area contributed by atoms with Crippen LogP contribution < -0.4 is 0 Å². The van der Waals surface area contributed by atoms with E-state index in [-0.39, 0.29) is 15.1 Å². The van der Waals surface area contributed by atoms with Gasteiger partial charge in [-0.25, -0.2) is 0 Å². The minimum atomic E-state index is -0.378. The second-order valence-electron chi connectivity index (χ2n) is 13.3. The summed E-state index contributed by atoms with van der Waals surface area (Å²) in [6.45, 7) is 14.8. The lowest BCUT2D eigenvalue weighted by Gasteiger charge is -2.63. The molecular formula is C29H48BrClO. The third-order valence-electron chi connectivity index (χ3n) is 11.7. The topological polar surface area (TPSA) is 17.1 Å². The number of alkyl halides is 2. The van der Waals surface area contributed by atoms with Gasteiger partial charge in [-0.05, 0) is 104 Å². The van der Waals surface area contributed by atoms with E-state index in [0.717, 1.165) is 55.3 Å². The number of halogens is 2. The van der Waals surface area contributed by atoms with Crippen LogP contribution in [0.2, 0.25) is 0 Å². The van der Waals surface area contributed by atoms with Gasteiger partial charge in [0.1, 0.15) is 5.78 Å². The van der Waals surface area contributed by atoms with Gasteiger partial charge in [-0.15, -0.1) is 11.6 Å². The van der Waals surface area contributed by atoms with Crippen molar-refractivity contribution >= 4 is 33.3 Å². The summed E-state index contributed by atoms with van der Waals surface area (Å²) in [7, 11) is 0. The van der Waals surface area contributed by atoms with Gasteiger partial charge in [0, 0.05) is 11.8 Å². The van der Waals surface area contributed by atoms with Crippen molar-refractivity contribution in [3.8, 4) is 0 Å². The molecule has 4 fully saturated rings. The van der Waals surface area contributed by atoms with Crippen molar-refractivity contribution in [2.75, 3.05) is 0 Å². The largest absolute Gasteiger partial charge is 0.298 e. The highest BCUT2D eigenvalue weighted by molar-refractivity contribution is 9.10. The van der Waals surface area contributed by atoms with Crippen LogP contribution >= 0.6 is 27.5 Å². The lowest BCUT2D eigenvalue weighted by molar-refractivity contribution is -0.147. The van der Waals surface area contributed by atoms with Crippen LogP contribution in [0.25, 0.3) is 0 Å². The van der Waals surface area contributed by atoms with Crippen molar-refractivity contribution < 1.29 is 4.79 Å². The fourth-order valence-electron chi connectivity index (χ4n) is 9.61. The smallest absolute Gasteiger partial charge is 0.150 e. The molecule has 0 aromatic heterocycles. The summed E-state index contributed by atoms with van der Waals surface area (Å²) in [5.41, 5.74) is 0.516. The zero-order valence-corrected chi connectivity index (χ0v) is 23.9. The molecule has 4 aliphatic carbocycles. The summed E-state index contributed by atoms with van der Waals surface area (Å²) >= 11 is 10.6. The highest BCUT2D eigenvalue weighted by Crippen LogP contribution is 2.70. The Kier molecular flexibility index (Phi) is 7.30. The van der Waals surface area contributed by atoms with E-state index < -0.39 is 0 Å². The van der Waals surface area contributed by atoms with E-state index in [1.165, 1.54) is 44.9 Å². The molecule has 0 heterocycles. The number of hydrogen-bond acceptors (Lipinski definition) is 1. The van der Waals surface area contributed by atoms with Crippen molar-refractivity contribution in [2.24, 2.45) is 52.3 Å². The first kappa shape index (κ1) is 25.5. The first-order valence-electron chi connectivity index (χ1n) is 13.8. The van der Waals surface area contributed by atoms with Gasteiger partial charge < -0.3 is 0 Å². The van der Waals surface area contributed by atoms with E-state index in [4.69, 9.17) is 11.6 Å². The first-order valence-corrected chi connectivity index (χ1v) is 15.1. The van der Waals surface area contributed by atoms with E-state index >= 15 is 0 Å². The van der Waals surface area contributed by atoms with Gasteiger partial charge in [-0.3, -0.25) is 4.79 Å². The van der Waals surface area contributed by atoms with E-state index in [9.17, 15) is 4.79 Å². The predicted molar refractivity (Wildman–Crippen MR) is 140 cm³/mol. The molecule has 0 amide bonds. The molecule has 0 bridgehead atoms. The van der Waals surface area contributed by atoms with Gasteiger partial charge in [0.05, 0.1) is 4.32 Å². The molecule has 4 saturated carbocycles. The number of carbonyl (C=O) groups is 1. The van der Waals surface area contributed by atoms with Gasteiger partial charge in [0.15, 0.2) is 0 Å². The molecule has 0 N–H and O–H groups in total. The Labute approximate surface area is 211 Å². The van der Waals surface area contributed by atoms with Crippen LogP contribution in [0.4, 0.5) is 0 Å². The Bertz CT molecular complexity index is 707. The SMILES string of the molecule is CCC(CCC(C)C1CCC2C3CC(=O)C4(Br)CC(Cl)CCC4(C)C3CCC12C)C(C)C. The molecule has 184 valence electrons. The Morgan fingerprint density at radius 2 is 1.75 bits per heavy atom. The highest BCUT2D eigenvalue weighted by Gasteiger charge is 2.67. The maximum Gasteiger partial charge on any atom is 0.150 e. The molecular weight excluding hydrogens is 480 g/mol. The first-order chi connectivity index (χ1) is 15.0. The average Bonchev–Trinajstić information content (AvgIpc) is 3.08. The average molecular weight is 528 g/mol. The van der Waals surface area contributed by atoms with Crippen LogP contribution in [-0.2, 0) is 4.79 Å². The normalized spacial score (nSPS) is 48.2. The van der Waals surface area contributed by atoms with Crippen LogP contribution in [0.1, 0.15) is 112 Å². The van der Waals surface area contributed by atoms with Crippen molar-refractivity contribution in [1.29, 1.82) is 0 Å². The summed E-state index contributed by atoms with van der Waals surface area (Å²) < 4.78 is -0.378. The Hall–Kier alpha value is 0.440. The number of ketones is 1. The van der Waals surface area contributed by atoms with Gasteiger partial charge in [-0.1, -0.05) is 70.3 Å². The van der Waals surface area contributed by atoms with Crippen molar-refractivity contribution in [3.05, 3.63) is 0 Å². The summed E-state index contributed by atoms with van der Waals surface area (Å²) in [6.07, 6.45) is 13.3. The molecule has 10 atom stereocenters. The quantitative estimate of drug-likeness (QED) is 0.315. The zero-order chi connectivity index (χ0) is 23.5. The van der Waals surface area contributed by atoms with Crippen molar-refractivity contribution in [3.63, 3.8) is 0 Å². The summed E-state index contributed by atoms with van der Waals surface area (Å²) in [6, 6.07) is 0. The van der Waals surface area contributed by atoms with Gasteiger partial charge in [0.25, 0.3) is 0 Å². The third-order valence-corrected chi connectivity index (χ3v) is 13.8. The van der Waals surface area contributed by atoms with Crippen LogP contribution in [0.3, 0.4) is 0 Å². The zero-order valence-electron chi connectivity index (χ0n) is 21.6. The second-order valence-corrected chi connectivity index (χ2v) is 15.2. The van der Waals surface area contributed by atoms with Crippen LogP contribution in [0.15, 0.2) is 0 Å².